The summed E-state index contributed by atoms with van der Waals surface area (Å²) in [6.45, 7) is 5.83. The Balaban J connectivity index is 2.14. The van der Waals surface area contributed by atoms with Crippen LogP contribution in [0.3, 0.4) is 0 Å². The molecular weight excluding hydrogens is 260 g/mol. The minimum absolute atomic E-state index is 0.287. The van der Waals surface area contributed by atoms with Crippen LogP contribution >= 0.6 is 0 Å². The first-order valence-electron chi connectivity index (χ1n) is 9.19. The highest BCUT2D eigenvalue weighted by Crippen LogP contribution is 2.39. The van der Waals surface area contributed by atoms with Gasteiger partial charge in [0.15, 0.2) is 0 Å². The Hall–Kier alpha value is -0.570. The molecule has 2 rings (SSSR count). The maximum Gasteiger partial charge on any atom is 0.230 e. The van der Waals surface area contributed by atoms with Crippen molar-refractivity contribution in [1.29, 1.82) is 0 Å². The van der Waals surface area contributed by atoms with Crippen LogP contribution in [0.25, 0.3) is 0 Å². The van der Waals surface area contributed by atoms with Crippen LogP contribution in [-0.4, -0.2) is 29.9 Å². The van der Waals surface area contributed by atoms with Crippen molar-refractivity contribution in [3.8, 4) is 0 Å². The molecule has 3 nitrogen and oxygen atoms in total. The first-order chi connectivity index (χ1) is 10.2. The fraction of sp³-hybridized carbons (Fsp3) is 0.944. The van der Waals surface area contributed by atoms with Gasteiger partial charge in [-0.2, -0.15) is 0 Å². The minimum Gasteiger partial charge on any atom is -0.339 e. The molecule has 21 heavy (non-hydrogen) atoms. The van der Waals surface area contributed by atoms with E-state index in [0.29, 0.717) is 18.5 Å². The van der Waals surface area contributed by atoms with Crippen molar-refractivity contribution in [3.05, 3.63) is 0 Å². The fourth-order valence-corrected chi connectivity index (χ4v) is 4.77. The summed E-state index contributed by atoms with van der Waals surface area (Å²) < 4.78 is 0. The van der Waals surface area contributed by atoms with Gasteiger partial charge in [0, 0.05) is 19.1 Å². The second kappa shape index (κ2) is 7.62. The van der Waals surface area contributed by atoms with E-state index in [9.17, 15) is 4.79 Å². The van der Waals surface area contributed by atoms with Gasteiger partial charge in [-0.25, -0.2) is 0 Å². The topological polar surface area (TPSA) is 46.3 Å². The van der Waals surface area contributed by atoms with Gasteiger partial charge < -0.3 is 10.6 Å². The van der Waals surface area contributed by atoms with Crippen molar-refractivity contribution < 1.29 is 4.79 Å². The molecule has 1 unspecified atom stereocenters. The maximum absolute atomic E-state index is 13.3. The number of carbonyl (C=O) groups excluding carboxylic acids is 1. The van der Waals surface area contributed by atoms with Crippen LogP contribution in [0.1, 0.15) is 78.1 Å². The van der Waals surface area contributed by atoms with Crippen molar-refractivity contribution in [1.82, 2.24) is 4.90 Å². The zero-order valence-electron chi connectivity index (χ0n) is 14.1. The van der Waals surface area contributed by atoms with Gasteiger partial charge in [-0.3, -0.25) is 4.79 Å². The van der Waals surface area contributed by atoms with E-state index in [1.54, 1.807) is 0 Å². The van der Waals surface area contributed by atoms with Crippen LogP contribution in [0.4, 0.5) is 0 Å². The van der Waals surface area contributed by atoms with Crippen LogP contribution in [-0.2, 0) is 4.79 Å². The Morgan fingerprint density at radius 3 is 2.24 bits per heavy atom. The van der Waals surface area contributed by atoms with E-state index in [4.69, 9.17) is 5.73 Å². The summed E-state index contributed by atoms with van der Waals surface area (Å²) in [5.41, 5.74) is 5.81. The van der Waals surface area contributed by atoms with Gasteiger partial charge in [-0.15, -0.1) is 0 Å². The number of nitrogens with zero attached hydrogens (tertiary/aromatic N) is 1. The molecule has 1 atom stereocenters. The molecule has 0 radical (unpaired) electrons. The summed E-state index contributed by atoms with van der Waals surface area (Å²) in [6.07, 6.45) is 11.8. The predicted molar refractivity (Wildman–Crippen MR) is 88.0 cm³/mol. The number of hydrogen-bond acceptors (Lipinski definition) is 2. The Labute approximate surface area is 130 Å². The van der Waals surface area contributed by atoms with Gasteiger partial charge in [-0.05, 0) is 44.4 Å². The fourth-order valence-electron chi connectivity index (χ4n) is 4.77. The van der Waals surface area contributed by atoms with Crippen LogP contribution in [0.15, 0.2) is 0 Å². The lowest BCUT2D eigenvalue weighted by atomic mass is 9.77. The molecule has 3 heteroatoms. The second-order valence-corrected chi connectivity index (χ2v) is 7.24. The van der Waals surface area contributed by atoms with Gasteiger partial charge in [0.2, 0.25) is 5.91 Å². The maximum atomic E-state index is 13.3. The minimum atomic E-state index is -0.287. The zero-order valence-corrected chi connectivity index (χ0v) is 14.1. The Kier molecular flexibility index (Phi) is 6.09. The first-order valence-corrected chi connectivity index (χ1v) is 9.19. The third-order valence-corrected chi connectivity index (χ3v) is 5.81. The number of nitrogens with two attached hydrogens (primary N) is 1. The lowest BCUT2D eigenvalue weighted by molar-refractivity contribution is -0.144. The smallest absolute Gasteiger partial charge is 0.230 e. The molecule has 122 valence electrons. The molecule has 1 heterocycles. The number of rotatable bonds is 7. The normalized spacial score (nSPS) is 24.0. The zero-order chi connectivity index (χ0) is 15.3. The highest BCUT2D eigenvalue weighted by molar-refractivity contribution is 5.83. The molecule has 1 amide bonds. The highest BCUT2D eigenvalue weighted by Gasteiger charge is 2.44. The number of hydrogen-bond donors (Lipinski definition) is 1. The summed E-state index contributed by atoms with van der Waals surface area (Å²) in [6, 6.07) is 0.514. The van der Waals surface area contributed by atoms with Gasteiger partial charge in [0.1, 0.15) is 0 Å². The predicted octanol–water partition coefficient (Wildman–Crippen LogP) is 3.71. The third kappa shape index (κ3) is 3.44. The van der Waals surface area contributed by atoms with Gasteiger partial charge in [-0.1, -0.05) is 39.5 Å². The molecule has 1 saturated carbocycles. The number of amides is 1. The van der Waals surface area contributed by atoms with E-state index in [1.165, 1.54) is 38.5 Å². The third-order valence-electron chi connectivity index (χ3n) is 5.81. The van der Waals surface area contributed by atoms with E-state index in [-0.39, 0.29) is 5.41 Å². The largest absolute Gasteiger partial charge is 0.339 e. The van der Waals surface area contributed by atoms with Crippen LogP contribution in [0.5, 0.6) is 0 Å². The highest BCUT2D eigenvalue weighted by atomic mass is 16.2. The SMILES string of the molecule is CCCC(CN)(CCC)C(=O)N1CCCC1C1CCCC1. The Morgan fingerprint density at radius 2 is 1.71 bits per heavy atom. The van der Waals surface area contributed by atoms with E-state index in [0.717, 1.165) is 38.1 Å². The molecule has 1 saturated heterocycles. The van der Waals surface area contributed by atoms with Gasteiger partial charge in [0.25, 0.3) is 0 Å². The summed E-state index contributed by atoms with van der Waals surface area (Å²) in [5.74, 6) is 1.14. The lowest BCUT2D eigenvalue weighted by Gasteiger charge is -2.39. The Morgan fingerprint density at radius 1 is 1.10 bits per heavy atom. The van der Waals surface area contributed by atoms with Crippen molar-refractivity contribution >= 4 is 5.91 Å². The second-order valence-electron chi connectivity index (χ2n) is 7.24. The van der Waals surface area contributed by atoms with Crippen molar-refractivity contribution in [2.24, 2.45) is 17.1 Å². The van der Waals surface area contributed by atoms with Crippen LogP contribution < -0.4 is 5.73 Å². The van der Waals surface area contributed by atoms with E-state index in [1.807, 2.05) is 0 Å². The summed E-state index contributed by atoms with van der Waals surface area (Å²) in [7, 11) is 0. The molecule has 2 N–H and O–H groups in total. The van der Waals surface area contributed by atoms with Crippen LogP contribution in [0, 0.1) is 11.3 Å². The van der Waals surface area contributed by atoms with Crippen molar-refractivity contribution in [2.45, 2.75) is 84.1 Å². The van der Waals surface area contributed by atoms with Crippen LogP contribution in [0.2, 0.25) is 0 Å². The molecule has 2 aliphatic rings. The van der Waals surface area contributed by atoms with Crippen molar-refractivity contribution in [2.75, 3.05) is 13.1 Å². The molecule has 0 aromatic heterocycles. The van der Waals surface area contributed by atoms with E-state index < -0.39 is 0 Å². The molecular formula is C18H34N2O. The molecule has 2 fully saturated rings. The van der Waals surface area contributed by atoms with E-state index in [2.05, 4.69) is 18.7 Å². The number of likely N-dealkylation sites (tertiary alicyclic amines) is 1. The molecule has 1 aliphatic carbocycles. The summed E-state index contributed by atoms with van der Waals surface area (Å²) in [4.78, 5) is 15.5. The standard InChI is InChI=1S/C18H34N2O/c1-3-11-18(14-19,12-4-2)17(21)20-13-7-10-16(20)15-8-5-6-9-15/h15-16H,3-14,19H2,1-2H3. The summed E-state index contributed by atoms with van der Waals surface area (Å²) in [5, 5.41) is 0. The lowest BCUT2D eigenvalue weighted by Crippen LogP contribution is -2.51. The average Bonchev–Trinajstić information content (AvgIpc) is 3.16. The molecule has 0 spiro atoms. The van der Waals surface area contributed by atoms with Gasteiger partial charge in [0.05, 0.1) is 5.41 Å². The average molecular weight is 294 g/mol. The van der Waals surface area contributed by atoms with E-state index >= 15 is 0 Å². The quantitative estimate of drug-likeness (QED) is 0.778. The first kappa shape index (κ1) is 16.8. The molecule has 0 bridgehead atoms. The summed E-state index contributed by atoms with van der Waals surface area (Å²) >= 11 is 0. The molecule has 0 aromatic carbocycles. The van der Waals surface area contributed by atoms with Gasteiger partial charge >= 0.3 is 0 Å². The Bertz CT molecular complexity index is 330. The molecule has 1 aliphatic heterocycles. The molecule has 0 aromatic rings. The monoisotopic (exact) mass is 294 g/mol. The number of carbonyl (C=O) groups is 1. The van der Waals surface area contributed by atoms with Crippen molar-refractivity contribution in [3.63, 3.8) is 0 Å².